The van der Waals surface area contributed by atoms with E-state index >= 15 is 0 Å². The van der Waals surface area contributed by atoms with Crippen LogP contribution in [-0.2, 0) is 9.59 Å². The van der Waals surface area contributed by atoms with Gasteiger partial charge in [-0.1, -0.05) is 26.7 Å². The molecule has 1 heterocycles. The number of carbonyl (C=O) groups excluding carboxylic acids is 2. The molecule has 0 spiro atoms. The molecule has 0 unspecified atom stereocenters. The number of hydrogen-bond donors (Lipinski definition) is 0. The molecule has 0 aromatic heterocycles. The van der Waals surface area contributed by atoms with Crippen LogP contribution in [-0.4, -0.2) is 23.3 Å². The van der Waals surface area contributed by atoms with Gasteiger partial charge in [0.05, 0.1) is 0 Å². The predicted molar refractivity (Wildman–Crippen MR) is 59.3 cm³/mol. The number of imide groups is 1. The number of piperidine rings is 1. The summed E-state index contributed by atoms with van der Waals surface area (Å²) in [6.45, 7) is 6.56. The van der Waals surface area contributed by atoms with E-state index in [1.54, 1.807) is 0 Å². The average Bonchev–Trinajstić information content (AvgIpc) is 2.14. The van der Waals surface area contributed by atoms with Crippen LogP contribution in [0.4, 0.5) is 0 Å². The quantitative estimate of drug-likeness (QED) is 0.669. The summed E-state index contributed by atoms with van der Waals surface area (Å²) in [5.74, 6) is 0.0136. The van der Waals surface area contributed by atoms with E-state index in [-0.39, 0.29) is 17.2 Å². The second-order valence-electron chi connectivity index (χ2n) is 4.80. The topological polar surface area (TPSA) is 37.4 Å². The number of amides is 2. The maximum atomic E-state index is 11.7. The third kappa shape index (κ3) is 2.80. The molecule has 0 bridgehead atoms. The van der Waals surface area contributed by atoms with Gasteiger partial charge in [-0.3, -0.25) is 14.5 Å². The molecule has 0 aromatic rings. The van der Waals surface area contributed by atoms with Crippen LogP contribution in [0.1, 0.15) is 52.9 Å². The highest BCUT2D eigenvalue weighted by Crippen LogP contribution is 2.36. The summed E-state index contributed by atoms with van der Waals surface area (Å²) in [6, 6.07) is 0. The third-order valence-corrected chi connectivity index (χ3v) is 3.21. The van der Waals surface area contributed by atoms with Gasteiger partial charge in [-0.2, -0.15) is 0 Å². The minimum absolute atomic E-state index is 0.00681. The summed E-state index contributed by atoms with van der Waals surface area (Å²) in [5.41, 5.74) is -0.0875. The van der Waals surface area contributed by atoms with Crippen LogP contribution in [0.15, 0.2) is 0 Å². The lowest BCUT2D eigenvalue weighted by Crippen LogP contribution is -2.46. The Bertz CT molecular complexity index is 242. The van der Waals surface area contributed by atoms with Crippen molar-refractivity contribution >= 4 is 11.8 Å². The van der Waals surface area contributed by atoms with Crippen LogP contribution in [0.25, 0.3) is 0 Å². The number of hydrogen-bond acceptors (Lipinski definition) is 2. The Morgan fingerprint density at radius 2 is 1.73 bits per heavy atom. The van der Waals surface area contributed by atoms with E-state index in [1.807, 2.05) is 6.92 Å². The molecule has 3 heteroatoms. The SMILES string of the molecule is CCCCC1(C)CC(=O)N(CC)C(=O)C1. The summed E-state index contributed by atoms with van der Waals surface area (Å²) in [4.78, 5) is 24.8. The zero-order valence-corrected chi connectivity index (χ0v) is 10.0. The molecule has 0 atom stereocenters. The van der Waals surface area contributed by atoms with Crippen LogP contribution >= 0.6 is 0 Å². The molecule has 1 rings (SSSR count). The van der Waals surface area contributed by atoms with Gasteiger partial charge in [-0.15, -0.1) is 0 Å². The maximum absolute atomic E-state index is 11.7. The first kappa shape index (κ1) is 12.2. The van der Waals surface area contributed by atoms with E-state index < -0.39 is 0 Å². The molecule has 0 aromatic carbocycles. The van der Waals surface area contributed by atoms with E-state index in [1.165, 1.54) is 4.90 Å². The summed E-state index contributed by atoms with van der Waals surface area (Å²) in [6.07, 6.45) is 4.27. The number of likely N-dealkylation sites (tertiary alicyclic amines) is 1. The Balaban J connectivity index is 2.66. The highest BCUT2D eigenvalue weighted by molar-refractivity contribution is 5.98. The van der Waals surface area contributed by atoms with Gasteiger partial charge < -0.3 is 0 Å². The van der Waals surface area contributed by atoms with E-state index in [0.29, 0.717) is 19.4 Å². The van der Waals surface area contributed by atoms with Crippen molar-refractivity contribution in [2.75, 3.05) is 6.54 Å². The van der Waals surface area contributed by atoms with E-state index in [4.69, 9.17) is 0 Å². The molecule has 1 aliphatic heterocycles. The Morgan fingerprint density at radius 3 is 2.13 bits per heavy atom. The lowest BCUT2D eigenvalue weighted by Gasteiger charge is -2.37. The van der Waals surface area contributed by atoms with Crippen molar-refractivity contribution < 1.29 is 9.59 Å². The number of unbranched alkanes of at least 4 members (excludes halogenated alkanes) is 1. The second kappa shape index (κ2) is 4.77. The normalized spacial score (nSPS) is 20.9. The van der Waals surface area contributed by atoms with Gasteiger partial charge in [0.1, 0.15) is 0 Å². The fourth-order valence-electron chi connectivity index (χ4n) is 2.26. The van der Waals surface area contributed by atoms with Crippen LogP contribution in [0.2, 0.25) is 0 Å². The van der Waals surface area contributed by atoms with Gasteiger partial charge in [0.25, 0.3) is 0 Å². The molecule has 0 aliphatic carbocycles. The molecule has 1 saturated heterocycles. The van der Waals surface area contributed by atoms with Crippen LogP contribution < -0.4 is 0 Å². The number of nitrogens with zero attached hydrogens (tertiary/aromatic N) is 1. The second-order valence-corrected chi connectivity index (χ2v) is 4.80. The first-order valence-electron chi connectivity index (χ1n) is 5.85. The van der Waals surface area contributed by atoms with Crippen LogP contribution in [0.3, 0.4) is 0 Å². The molecule has 0 N–H and O–H groups in total. The van der Waals surface area contributed by atoms with Gasteiger partial charge in [0.15, 0.2) is 0 Å². The van der Waals surface area contributed by atoms with Crippen molar-refractivity contribution in [1.82, 2.24) is 4.90 Å². The van der Waals surface area contributed by atoms with E-state index in [9.17, 15) is 9.59 Å². The van der Waals surface area contributed by atoms with Crippen molar-refractivity contribution in [3.63, 3.8) is 0 Å². The Hall–Kier alpha value is -0.860. The van der Waals surface area contributed by atoms with Crippen LogP contribution in [0, 0.1) is 5.41 Å². The van der Waals surface area contributed by atoms with Gasteiger partial charge >= 0.3 is 0 Å². The van der Waals surface area contributed by atoms with Crippen molar-refractivity contribution in [3.05, 3.63) is 0 Å². The fourth-order valence-corrected chi connectivity index (χ4v) is 2.26. The highest BCUT2D eigenvalue weighted by atomic mass is 16.2. The van der Waals surface area contributed by atoms with E-state index in [0.717, 1.165) is 19.3 Å². The molecular formula is C12H21NO2. The van der Waals surface area contributed by atoms with Crippen molar-refractivity contribution in [2.24, 2.45) is 5.41 Å². The predicted octanol–water partition coefficient (Wildman–Crippen LogP) is 2.35. The zero-order chi connectivity index (χ0) is 11.5. The van der Waals surface area contributed by atoms with Crippen LogP contribution in [0.5, 0.6) is 0 Å². The molecule has 1 aliphatic rings. The standard InChI is InChI=1S/C12H21NO2/c1-4-6-7-12(3)8-10(14)13(5-2)11(15)9-12/h4-9H2,1-3H3. The smallest absolute Gasteiger partial charge is 0.229 e. The summed E-state index contributed by atoms with van der Waals surface area (Å²) in [5, 5.41) is 0. The molecule has 1 fully saturated rings. The Labute approximate surface area is 91.8 Å². The minimum atomic E-state index is -0.0875. The molecular weight excluding hydrogens is 190 g/mol. The van der Waals surface area contributed by atoms with Crippen molar-refractivity contribution in [1.29, 1.82) is 0 Å². The van der Waals surface area contributed by atoms with Crippen molar-refractivity contribution in [3.8, 4) is 0 Å². The molecule has 2 amide bonds. The van der Waals surface area contributed by atoms with Gasteiger partial charge in [-0.25, -0.2) is 0 Å². The first-order valence-corrected chi connectivity index (χ1v) is 5.85. The average molecular weight is 211 g/mol. The fraction of sp³-hybridized carbons (Fsp3) is 0.833. The molecule has 0 radical (unpaired) electrons. The number of rotatable bonds is 4. The zero-order valence-electron chi connectivity index (χ0n) is 10.0. The molecule has 3 nitrogen and oxygen atoms in total. The van der Waals surface area contributed by atoms with Gasteiger partial charge in [0, 0.05) is 19.4 Å². The minimum Gasteiger partial charge on any atom is -0.283 e. The Morgan fingerprint density at radius 1 is 1.20 bits per heavy atom. The first-order chi connectivity index (χ1) is 7.02. The van der Waals surface area contributed by atoms with Crippen molar-refractivity contribution in [2.45, 2.75) is 52.9 Å². The number of carbonyl (C=O) groups is 2. The molecule has 86 valence electrons. The van der Waals surface area contributed by atoms with Gasteiger partial charge in [0.2, 0.25) is 11.8 Å². The van der Waals surface area contributed by atoms with E-state index in [2.05, 4.69) is 13.8 Å². The third-order valence-electron chi connectivity index (χ3n) is 3.21. The Kier molecular flexibility index (Phi) is 3.89. The highest BCUT2D eigenvalue weighted by Gasteiger charge is 2.39. The summed E-state index contributed by atoms with van der Waals surface area (Å²) >= 11 is 0. The maximum Gasteiger partial charge on any atom is 0.229 e. The summed E-state index contributed by atoms with van der Waals surface area (Å²) in [7, 11) is 0. The molecule has 0 saturated carbocycles. The summed E-state index contributed by atoms with van der Waals surface area (Å²) < 4.78 is 0. The lowest BCUT2D eigenvalue weighted by atomic mass is 9.76. The van der Waals surface area contributed by atoms with Gasteiger partial charge in [-0.05, 0) is 18.8 Å². The molecule has 15 heavy (non-hydrogen) atoms. The lowest BCUT2D eigenvalue weighted by molar-refractivity contribution is -0.152. The largest absolute Gasteiger partial charge is 0.283 e. The monoisotopic (exact) mass is 211 g/mol.